The predicted octanol–water partition coefficient (Wildman–Crippen LogP) is 5.92. The second kappa shape index (κ2) is 8.42. The SMILES string of the molecule is CCCCC(CC)CNC(C)c1cc(Cl)sc1Cl. The molecule has 2 atom stereocenters. The van der Waals surface area contributed by atoms with Crippen molar-refractivity contribution in [2.45, 2.75) is 52.5 Å². The molecule has 0 aliphatic heterocycles. The van der Waals surface area contributed by atoms with E-state index in [1.807, 2.05) is 6.07 Å². The van der Waals surface area contributed by atoms with Crippen LogP contribution < -0.4 is 5.32 Å². The van der Waals surface area contributed by atoms with Crippen LogP contribution in [0.5, 0.6) is 0 Å². The van der Waals surface area contributed by atoms with Crippen molar-refractivity contribution in [1.82, 2.24) is 5.32 Å². The third-order valence-electron chi connectivity index (χ3n) is 3.41. The van der Waals surface area contributed by atoms with Crippen molar-refractivity contribution in [3.8, 4) is 0 Å². The molecule has 0 radical (unpaired) electrons. The van der Waals surface area contributed by atoms with Crippen LogP contribution in [0.25, 0.3) is 0 Å². The van der Waals surface area contributed by atoms with E-state index >= 15 is 0 Å². The minimum absolute atomic E-state index is 0.275. The van der Waals surface area contributed by atoms with Gasteiger partial charge in [0.05, 0.1) is 8.67 Å². The van der Waals surface area contributed by atoms with E-state index in [1.54, 1.807) is 0 Å². The first kappa shape index (κ1) is 16.3. The minimum Gasteiger partial charge on any atom is -0.310 e. The summed E-state index contributed by atoms with van der Waals surface area (Å²) in [6.45, 7) is 7.72. The van der Waals surface area contributed by atoms with Crippen molar-refractivity contribution in [2.75, 3.05) is 6.54 Å². The van der Waals surface area contributed by atoms with Gasteiger partial charge in [-0.25, -0.2) is 0 Å². The summed E-state index contributed by atoms with van der Waals surface area (Å²) in [5, 5.41) is 3.58. The summed E-state index contributed by atoms with van der Waals surface area (Å²) >= 11 is 13.6. The zero-order valence-corrected chi connectivity index (χ0v) is 13.8. The molecule has 104 valence electrons. The van der Waals surface area contributed by atoms with Gasteiger partial charge in [-0.05, 0) is 37.4 Å². The maximum Gasteiger partial charge on any atom is 0.0991 e. The van der Waals surface area contributed by atoms with E-state index in [0.717, 1.165) is 26.7 Å². The van der Waals surface area contributed by atoms with Crippen LogP contribution in [-0.2, 0) is 0 Å². The molecule has 0 fully saturated rings. The zero-order chi connectivity index (χ0) is 13.5. The van der Waals surface area contributed by atoms with Crippen LogP contribution in [0, 0.1) is 5.92 Å². The molecule has 1 N–H and O–H groups in total. The number of rotatable bonds is 8. The van der Waals surface area contributed by atoms with Crippen molar-refractivity contribution < 1.29 is 0 Å². The summed E-state index contributed by atoms with van der Waals surface area (Å²) in [7, 11) is 0. The number of hydrogen-bond donors (Lipinski definition) is 1. The molecule has 1 aromatic heterocycles. The van der Waals surface area contributed by atoms with Crippen LogP contribution in [0.2, 0.25) is 8.67 Å². The van der Waals surface area contributed by atoms with Gasteiger partial charge < -0.3 is 5.32 Å². The van der Waals surface area contributed by atoms with Crippen molar-refractivity contribution in [3.05, 3.63) is 20.3 Å². The Kier molecular flexibility index (Phi) is 7.62. The van der Waals surface area contributed by atoms with Gasteiger partial charge >= 0.3 is 0 Å². The van der Waals surface area contributed by atoms with Gasteiger partial charge in [0.15, 0.2) is 0 Å². The second-order valence-electron chi connectivity index (χ2n) is 4.83. The molecule has 1 aromatic rings. The Hall–Kier alpha value is 0.240. The number of nitrogens with one attached hydrogen (secondary N) is 1. The molecule has 0 saturated heterocycles. The van der Waals surface area contributed by atoms with Gasteiger partial charge in [0.25, 0.3) is 0 Å². The van der Waals surface area contributed by atoms with E-state index in [4.69, 9.17) is 23.2 Å². The van der Waals surface area contributed by atoms with E-state index in [1.165, 1.54) is 37.0 Å². The Balaban J connectivity index is 2.44. The van der Waals surface area contributed by atoms with Crippen LogP contribution >= 0.6 is 34.5 Å². The quantitative estimate of drug-likeness (QED) is 0.628. The number of hydrogen-bond acceptors (Lipinski definition) is 2. The Bertz CT molecular complexity index is 352. The highest BCUT2D eigenvalue weighted by atomic mass is 35.5. The Morgan fingerprint density at radius 3 is 2.56 bits per heavy atom. The Morgan fingerprint density at radius 1 is 1.33 bits per heavy atom. The maximum absolute atomic E-state index is 6.17. The third-order valence-corrected chi connectivity index (χ3v) is 4.92. The molecule has 4 heteroatoms. The lowest BCUT2D eigenvalue weighted by Crippen LogP contribution is -2.25. The highest BCUT2D eigenvalue weighted by molar-refractivity contribution is 7.20. The molecule has 18 heavy (non-hydrogen) atoms. The molecule has 1 nitrogen and oxygen atoms in total. The molecule has 2 unspecified atom stereocenters. The average molecular weight is 308 g/mol. The van der Waals surface area contributed by atoms with Gasteiger partial charge in [-0.15, -0.1) is 11.3 Å². The third kappa shape index (κ3) is 5.08. The fraction of sp³-hybridized carbons (Fsp3) is 0.714. The van der Waals surface area contributed by atoms with E-state index < -0.39 is 0 Å². The van der Waals surface area contributed by atoms with Gasteiger partial charge in [0.1, 0.15) is 0 Å². The van der Waals surface area contributed by atoms with Gasteiger partial charge in [-0.3, -0.25) is 0 Å². The molecule has 1 rings (SSSR count). The van der Waals surface area contributed by atoms with Crippen molar-refractivity contribution in [1.29, 1.82) is 0 Å². The first-order chi connectivity index (χ1) is 8.58. The van der Waals surface area contributed by atoms with Crippen molar-refractivity contribution >= 4 is 34.5 Å². The smallest absolute Gasteiger partial charge is 0.0991 e. The van der Waals surface area contributed by atoms with Gasteiger partial charge in [-0.1, -0.05) is 56.3 Å². The topological polar surface area (TPSA) is 12.0 Å². The molecule has 0 aliphatic rings. The van der Waals surface area contributed by atoms with Crippen LogP contribution in [-0.4, -0.2) is 6.54 Å². The predicted molar refractivity (Wildman–Crippen MR) is 84.1 cm³/mol. The number of thiophene rings is 1. The molecule has 0 spiro atoms. The average Bonchev–Trinajstić information content (AvgIpc) is 2.68. The summed E-state index contributed by atoms with van der Waals surface area (Å²) in [6, 6.07) is 2.25. The highest BCUT2D eigenvalue weighted by Crippen LogP contribution is 2.34. The number of halogens is 2. The fourth-order valence-electron chi connectivity index (χ4n) is 2.04. The largest absolute Gasteiger partial charge is 0.310 e. The highest BCUT2D eigenvalue weighted by Gasteiger charge is 2.14. The molecule has 0 amide bonds. The first-order valence-electron chi connectivity index (χ1n) is 6.76. The van der Waals surface area contributed by atoms with Crippen LogP contribution in [0.4, 0.5) is 0 Å². The normalized spacial score (nSPS) is 14.7. The van der Waals surface area contributed by atoms with Gasteiger partial charge in [0, 0.05) is 6.04 Å². The summed E-state index contributed by atoms with van der Waals surface area (Å²) in [4.78, 5) is 0. The lowest BCUT2D eigenvalue weighted by atomic mass is 9.99. The minimum atomic E-state index is 0.275. The zero-order valence-electron chi connectivity index (χ0n) is 11.4. The summed E-state index contributed by atoms with van der Waals surface area (Å²) in [5.74, 6) is 0.764. The van der Waals surface area contributed by atoms with Crippen molar-refractivity contribution in [2.24, 2.45) is 5.92 Å². The van der Waals surface area contributed by atoms with E-state index in [2.05, 4.69) is 26.1 Å². The standard InChI is InChI=1S/C14H23Cl2NS/c1-4-6-7-11(5-2)9-17-10(3)12-8-13(15)18-14(12)16/h8,10-11,17H,4-7,9H2,1-3H3. The van der Waals surface area contributed by atoms with Crippen LogP contribution in [0.1, 0.15) is 58.1 Å². The lowest BCUT2D eigenvalue weighted by molar-refractivity contribution is 0.399. The first-order valence-corrected chi connectivity index (χ1v) is 8.33. The van der Waals surface area contributed by atoms with E-state index in [0.29, 0.717) is 0 Å². The lowest BCUT2D eigenvalue weighted by Gasteiger charge is -2.19. The Morgan fingerprint density at radius 2 is 2.06 bits per heavy atom. The molecule has 1 heterocycles. The molecular formula is C14H23Cl2NS. The monoisotopic (exact) mass is 307 g/mol. The summed E-state index contributed by atoms with van der Waals surface area (Å²) in [6.07, 6.45) is 5.14. The molecule has 0 bridgehead atoms. The van der Waals surface area contributed by atoms with Gasteiger partial charge in [-0.2, -0.15) is 0 Å². The maximum atomic E-state index is 6.17. The van der Waals surface area contributed by atoms with E-state index in [-0.39, 0.29) is 6.04 Å². The van der Waals surface area contributed by atoms with Gasteiger partial charge in [0.2, 0.25) is 0 Å². The van der Waals surface area contributed by atoms with Crippen LogP contribution in [0.15, 0.2) is 6.07 Å². The second-order valence-corrected chi connectivity index (χ2v) is 7.11. The van der Waals surface area contributed by atoms with E-state index in [9.17, 15) is 0 Å². The number of unbranched alkanes of at least 4 members (excludes halogenated alkanes) is 1. The molecule has 0 aliphatic carbocycles. The fourth-order valence-corrected chi connectivity index (χ4v) is 3.69. The summed E-state index contributed by atoms with van der Waals surface area (Å²) in [5.41, 5.74) is 1.12. The molecule has 0 saturated carbocycles. The molecular weight excluding hydrogens is 285 g/mol. The Labute approximate surface area is 125 Å². The van der Waals surface area contributed by atoms with Crippen molar-refractivity contribution in [3.63, 3.8) is 0 Å². The van der Waals surface area contributed by atoms with Crippen LogP contribution in [0.3, 0.4) is 0 Å². The molecule has 0 aromatic carbocycles. The summed E-state index contributed by atoms with van der Waals surface area (Å²) < 4.78 is 1.57.